The van der Waals surface area contributed by atoms with Crippen LogP contribution < -0.4 is 10.6 Å². The van der Waals surface area contributed by atoms with E-state index in [2.05, 4.69) is 16.7 Å². The van der Waals surface area contributed by atoms with Gasteiger partial charge in [-0.1, -0.05) is 18.6 Å². The highest BCUT2D eigenvalue weighted by atomic mass is 16.6. The number of hydrogen-bond acceptors (Lipinski definition) is 5. The van der Waals surface area contributed by atoms with Crippen molar-refractivity contribution in [3.63, 3.8) is 0 Å². The van der Waals surface area contributed by atoms with Gasteiger partial charge in [-0.25, -0.2) is 4.79 Å². The fourth-order valence-corrected chi connectivity index (χ4v) is 2.46. The Morgan fingerprint density at radius 1 is 1.10 bits per heavy atom. The summed E-state index contributed by atoms with van der Waals surface area (Å²) in [5, 5.41) is 14.7. The highest BCUT2D eigenvalue weighted by Crippen LogP contribution is 2.24. The Morgan fingerprint density at radius 2 is 1.66 bits per heavy atom. The van der Waals surface area contributed by atoms with E-state index in [-0.39, 0.29) is 11.8 Å². The van der Waals surface area contributed by atoms with E-state index >= 15 is 0 Å². The molecule has 0 aliphatic heterocycles. The molecule has 29 heavy (non-hydrogen) atoms. The maximum absolute atomic E-state index is 12.9. The van der Waals surface area contributed by atoms with Gasteiger partial charge in [-0.2, -0.15) is 0 Å². The van der Waals surface area contributed by atoms with Crippen molar-refractivity contribution in [3.05, 3.63) is 29.8 Å². The van der Waals surface area contributed by atoms with Crippen molar-refractivity contribution in [1.29, 1.82) is 0 Å². The second-order valence-electron chi connectivity index (χ2n) is 7.86. The molecular weight excluding hydrogens is 374 g/mol. The van der Waals surface area contributed by atoms with Crippen LogP contribution in [-0.2, 0) is 14.3 Å². The van der Waals surface area contributed by atoms with Gasteiger partial charge in [0.15, 0.2) is 0 Å². The smallest absolute Gasteiger partial charge is 0.408 e. The molecule has 0 radical (unpaired) electrons. The van der Waals surface area contributed by atoms with Crippen molar-refractivity contribution in [1.82, 2.24) is 15.5 Å². The fraction of sp³-hybridized carbons (Fsp3) is 0.476. The summed E-state index contributed by atoms with van der Waals surface area (Å²) in [6, 6.07) is 5.68. The minimum atomic E-state index is -1.14. The summed E-state index contributed by atoms with van der Waals surface area (Å²) in [6.45, 7) is 10.1. The summed E-state index contributed by atoms with van der Waals surface area (Å²) in [4.78, 5) is 38.6. The highest BCUT2D eigenvalue weighted by Gasteiger charge is 2.34. The minimum Gasteiger partial charge on any atom is -0.508 e. The third-order valence-electron chi connectivity index (χ3n) is 3.63. The lowest BCUT2D eigenvalue weighted by molar-refractivity contribution is -0.138. The monoisotopic (exact) mass is 403 g/mol. The van der Waals surface area contributed by atoms with Crippen molar-refractivity contribution in [2.24, 2.45) is 0 Å². The van der Waals surface area contributed by atoms with Crippen LogP contribution >= 0.6 is 0 Å². The van der Waals surface area contributed by atoms with E-state index in [1.807, 2.05) is 0 Å². The van der Waals surface area contributed by atoms with Crippen LogP contribution in [0.2, 0.25) is 0 Å². The van der Waals surface area contributed by atoms with E-state index in [1.54, 1.807) is 34.6 Å². The molecule has 0 bridgehead atoms. The Kier molecular flexibility index (Phi) is 8.07. The maximum atomic E-state index is 12.9. The Morgan fingerprint density at radius 3 is 2.10 bits per heavy atom. The van der Waals surface area contributed by atoms with E-state index in [0.717, 1.165) is 4.90 Å². The number of hydrogen-bond donors (Lipinski definition) is 3. The van der Waals surface area contributed by atoms with Crippen molar-refractivity contribution < 1.29 is 24.2 Å². The first kappa shape index (κ1) is 23.8. The van der Waals surface area contributed by atoms with Gasteiger partial charge in [-0.05, 0) is 59.2 Å². The normalized spacial score (nSPS) is 13.0. The number of phenols is 1. The van der Waals surface area contributed by atoms with Gasteiger partial charge in [0, 0.05) is 12.1 Å². The topological polar surface area (TPSA) is 108 Å². The summed E-state index contributed by atoms with van der Waals surface area (Å²) in [6.07, 6.45) is 4.79. The molecule has 0 fully saturated rings. The second kappa shape index (κ2) is 9.82. The zero-order chi connectivity index (χ0) is 22.4. The van der Waals surface area contributed by atoms with Crippen molar-refractivity contribution in [3.8, 4) is 18.2 Å². The number of amides is 3. The average molecular weight is 403 g/mol. The van der Waals surface area contributed by atoms with E-state index in [0.29, 0.717) is 5.56 Å². The summed E-state index contributed by atoms with van der Waals surface area (Å²) in [5.41, 5.74) is -0.318. The van der Waals surface area contributed by atoms with E-state index < -0.39 is 35.6 Å². The van der Waals surface area contributed by atoms with Gasteiger partial charge in [-0.15, -0.1) is 0 Å². The number of nitrogens with one attached hydrogen (secondary N) is 2. The minimum absolute atomic E-state index is 0.00955. The van der Waals surface area contributed by atoms with Crippen LogP contribution in [0.4, 0.5) is 4.79 Å². The largest absolute Gasteiger partial charge is 0.508 e. The van der Waals surface area contributed by atoms with Crippen LogP contribution in [0.1, 0.15) is 53.1 Å². The number of carbonyl (C=O) groups excluding carboxylic acids is 3. The molecule has 3 N–H and O–H groups in total. The number of rotatable bonds is 6. The molecule has 1 aromatic rings. The van der Waals surface area contributed by atoms with Crippen LogP contribution in [0.5, 0.6) is 5.75 Å². The number of ether oxygens (including phenoxy) is 1. The summed E-state index contributed by atoms with van der Waals surface area (Å²) in [5.74, 6) is -1.13. The maximum Gasteiger partial charge on any atom is 0.408 e. The fourth-order valence-electron chi connectivity index (χ4n) is 2.46. The zero-order valence-corrected chi connectivity index (χ0v) is 17.6. The molecule has 2 atom stereocenters. The molecule has 0 saturated carbocycles. The Bertz CT molecular complexity index is 775. The molecule has 8 heteroatoms. The number of carbonyl (C=O) groups is 3. The molecular formula is C21H29N3O5. The lowest BCUT2D eigenvalue weighted by atomic mass is 10.0. The molecule has 0 spiro atoms. The molecule has 0 saturated heterocycles. The van der Waals surface area contributed by atoms with Crippen LogP contribution in [0, 0.1) is 12.5 Å². The Balaban J connectivity index is 3.15. The first-order valence-corrected chi connectivity index (χ1v) is 9.24. The van der Waals surface area contributed by atoms with Gasteiger partial charge in [0.2, 0.25) is 5.91 Å². The third-order valence-corrected chi connectivity index (χ3v) is 3.63. The molecule has 0 aromatic heterocycles. The quantitative estimate of drug-likeness (QED) is 0.499. The van der Waals surface area contributed by atoms with Gasteiger partial charge in [0.25, 0.3) is 5.91 Å². The number of terminal acetylenes is 1. The van der Waals surface area contributed by atoms with E-state index in [1.165, 1.54) is 31.2 Å². The zero-order valence-electron chi connectivity index (χ0n) is 17.6. The molecule has 2 unspecified atom stereocenters. The van der Waals surface area contributed by atoms with Crippen LogP contribution in [0.15, 0.2) is 24.3 Å². The average Bonchev–Trinajstić information content (AvgIpc) is 2.57. The molecule has 0 aliphatic carbocycles. The van der Waals surface area contributed by atoms with E-state index in [4.69, 9.17) is 11.2 Å². The molecule has 3 amide bonds. The SMILES string of the molecule is C#CN(C(=O)C(C)NC(=O)OC(C)(C)C)C(C(=O)NC(C)C)c1ccc(O)cc1. The van der Waals surface area contributed by atoms with Crippen molar-refractivity contribution in [2.45, 2.75) is 65.3 Å². The van der Waals surface area contributed by atoms with Gasteiger partial charge in [0.1, 0.15) is 23.4 Å². The number of phenolic OH excluding ortho intramolecular Hbond substituents is 1. The van der Waals surface area contributed by atoms with Gasteiger partial charge in [0.05, 0.1) is 0 Å². The van der Waals surface area contributed by atoms with Gasteiger partial charge >= 0.3 is 6.09 Å². The van der Waals surface area contributed by atoms with Crippen LogP contribution in [0.25, 0.3) is 0 Å². The van der Waals surface area contributed by atoms with Crippen LogP contribution in [0.3, 0.4) is 0 Å². The first-order valence-electron chi connectivity index (χ1n) is 9.24. The Labute approximate surface area is 171 Å². The van der Waals surface area contributed by atoms with E-state index in [9.17, 15) is 19.5 Å². The third kappa shape index (κ3) is 7.37. The number of nitrogens with zero attached hydrogens (tertiary/aromatic N) is 1. The summed E-state index contributed by atoms with van der Waals surface area (Å²) in [7, 11) is 0. The first-order chi connectivity index (χ1) is 13.4. The molecule has 1 rings (SSSR count). The van der Waals surface area contributed by atoms with Crippen LogP contribution in [-0.4, -0.2) is 45.6 Å². The van der Waals surface area contributed by atoms with Gasteiger partial charge < -0.3 is 20.5 Å². The molecule has 1 aromatic carbocycles. The molecule has 0 heterocycles. The van der Waals surface area contributed by atoms with Crippen molar-refractivity contribution in [2.75, 3.05) is 0 Å². The molecule has 158 valence electrons. The number of benzene rings is 1. The highest BCUT2D eigenvalue weighted by molar-refractivity contribution is 5.93. The van der Waals surface area contributed by atoms with Crippen molar-refractivity contribution >= 4 is 17.9 Å². The van der Waals surface area contributed by atoms with Gasteiger partial charge in [-0.3, -0.25) is 14.5 Å². The summed E-state index contributed by atoms with van der Waals surface area (Å²) < 4.78 is 5.15. The summed E-state index contributed by atoms with van der Waals surface area (Å²) >= 11 is 0. The number of aromatic hydroxyl groups is 1. The predicted octanol–water partition coefficient (Wildman–Crippen LogP) is 2.29. The molecule has 0 aliphatic rings. The predicted molar refractivity (Wildman–Crippen MR) is 109 cm³/mol. The lowest BCUT2D eigenvalue weighted by Gasteiger charge is -2.29. The lowest BCUT2D eigenvalue weighted by Crippen LogP contribution is -2.50. The number of alkyl carbamates (subject to hydrolysis) is 1. The Hall–Kier alpha value is -3.21. The molecule has 8 nitrogen and oxygen atoms in total. The second-order valence-corrected chi connectivity index (χ2v) is 7.86. The standard InChI is InChI=1S/C21H29N3O5/c1-8-24(19(27)14(4)23-20(28)29-21(5,6)7)17(18(26)22-13(2)3)15-9-11-16(25)12-10-15/h1,9-14,17,25H,2-7H3,(H,22,26)(H,23,28).